The van der Waals surface area contributed by atoms with Crippen LogP contribution in [0.2, 0.25) is 0 Å². The monoisotopic (exact) mass is 280 g/mol. The lowest BCUT2D eigenvalue weighted by atomic mass is 10.1. The molecule has 0 aromatic heterocycles. The molecule has 0 aliphatic heterocycles. The van der Waals surface area contributed by atoms with Crippen LogP contribution in [0.4, 0.5) is 5.69 Å². The first-order valence-electron chi connectivity index (χ1n) is 6.09. The Kier molecular flexibility index (Phi) is 5.19. The Bertz CT molecular complexity index is 542. The van der Waals surface area contributed by atoms with Crippen LogP contribution in [0.3, 0.4) is 0 Å². The molecule has 0 bridgehead atoms. The highest BCUT2D eigenvalue weighted by Gasteiger charge is 2.15. The smallest absolute Gasteiger partial charge is 0.303 e. The number of rotatable bonds is 6. The lowest BCUT2D eigenvalue weighted by Crippen LogP contribution is -2.33. The highest BCUT2D eigenvalue weighted by atomic mass is 16.6. The van der Waals surface area contributed by atoms with Crippen molar-refractivity contribution in [3.63, 3.8) is 0 Å². The van der Waals surface area contributed by atoms with Crippen molar-refractivity contribution in [2.24, 2.45) is 0 Å². The second-order valence-electron chi connectivity index (χ2n) is 4.56. The number of hydrogen-bond donors (Lipinski definition) is 2. The number of carboxylic acids is 1. The summed E-state index contributed by atoms with van der Waals surface area (Å²) in [6.45, 7) is 3.32. The van der Waals surface area contributed by atoms with E-state index in [0.717, 1.165) is 0 Å². The molecule has 2 N–H and O–H groups in total. The summed E-state index contributed by atoms with van der Waals surface area (Å²) in [7, 11) is 0. The Labute approximate surface area is 115 Å². The van der Waals surface area contributed by atoms with E-state index in [1.165, 1.54) is 18.2 Å². The fraction of sp³-hybridized carbons (Fsp3) is 0.385. The molecule has 1 rings (SSSR count). The first-order valence-corrected chi connectivity index (χ1v) is 6.09. The normalized spacial score (nSPS) is 11.7. The van der Waals surface area contributed by atoms with E-state index in [4.69, 9.17) is 5.11 Å². The number of carbonyl (C=O) groups is 2. The zero-order valence-electron chi connectivity index (χ0n) is 11.3. The Morgan fingerprint density at radius 3 is 2.60 bits per heavy atom. The quantitative estimate of drug-likeness (QED) is 0.610. The maximum Gasteiger partial charge on any atom is 0.303 e. The molecule has 0 spiro atoms. The van der Waals surface area contributed by atoms with Gasteiger partial charge in [-0.25, -0.2) is 0 Å². The molecule has 1 aromatic rings. The lowest BCUT2D eigenvalue weighted by molar-refractivity contribution is -0.384. The van der Waals surface area contributed by atoms with E-state index in [2.05, 4.69) is 5.32 Å². The van der Waals surface area contributed by atoms with Gasteiger partial charge in [-0.05, 0) is 31.9 Å². The van der Waals surface area contributed by atoms with Crippen LogP contribution in [-0.4, -0.2) is 27.9 Å². The number of carbonyl (C=O) groups excluding carboxylic acids is 1. The number of benzene rings is 1. The van der Waals surface area contributed by atoms with Crippen LogP contribution in [0.25, 0.3) is 0 Å². The van der Waals surface area contributed by atoms with Gasteiger partial charge < -0.3 is 10.4 Å². The second-order valence-corrected chi connectivity index (χ2v) is 4.56. The largest absolute Gasteiger partial charge is 0.481 e. The van der Waals surface area contributed by atoms with Crippen molar-refractivity contribution in [1.82, 2.24) is 5.32 Å². The third-order valence-electron chi connectivity index (χ3n) is 2.83. The van der Waals surface area contributed by atoms with Crippen LogP contribution in [0.15, 0.2) is 18.2 Å². The molecule has 0 radical (unpaired) electrons. The zero-order valence-corrected chi connectivity index (χ0v) is 11.3. The molecule has 1 atom stereocenters. The fourth-order valence-corrected chi connectivity index (χ4v) is 1.73. The minimum atomic E-state index is -0.919. The summed E-state index contributed by atoms with van der Waals surface area (Å²) in [5.41, 5.74) is 0.776. The molecular formula is C13H16N2O5. The van der Waals surface area contributed by atoms with Gasteiger partial charge in [0, 0.05) is 30.2 Å². The van der Waals surface area contributed by atoms with Crippen LogP contribution in [0.5, 0.6) is 0 Å². The van der Waals surface area contributed by atoms with Crippen molar-refractivity contribution in [3.05, 3.63) is 39.4 Å². The van der Waals surface area contributed by atoms with Crippen molar-refractivity contribution in [3.8, 4) is 0 Å². The molecule has 7 heteroatoms. The molecule has 0 saturated heterocycles. The number of nitro benzene ring substituents is 1. The van der Waals surface area contributed by atoms with E-state index in [1.54, 1.807) is 13.8 Å². The van der Waals surface area contributed by atoms with Gasteiger partial charge in [0.25, 0.3) is 11.6 Å². The van der Waals surface area contributed by atoms with E-state index < -0.39 is 10.9 Å². The molecule has 0 fully saturated rings. The van der Waals surface area contributed by atoms with E-state index >= 15 is 0 Å². The number of nitrogens with zero attached hydrogens (tertiary/aromatic N) is 1. The topological polar surface area (TPSA) is 110 Å². The number of non-ortho nitro benzene ring substituents is 1. The van der Waals surface area contributed by atoms with Crippen molar-refractivity contribution < 1.29 is 19.6 Å². The highest BCUT2D eigenvalue weighted by Crippen LogP contribution is 2.17. The maximum atomic E-state index is 12.0. The van der Waals surface area contributed by atoms with Gasteiger partial charge in [-0.15, -0.1) is 0 Å². The van der Waals surface area contributed by atoms with Crippen LogP contribution in [0.1, 0.15) is 35.7 Å². The molecule has 0 aliphatic rings. The zero-order chi connectivity index (χ0) is 15.3. The van der Waals surface area contributed by atoms with E-state index in [-0.39, 0.29) is 24.1 Å². The van der Waals surface area contributed by atoms with Gasteiger partial charge in [0.15, 0.2) is 0 Å². The van der Waals surface area contributed by atoms with Crippen LogP contribution in [0, 0.1) is 17.0 Å². The minimum Gasteiger partial charge on any atom is -0.481 e. The second kappa shape index (κ2) is 6.65. The summed E-state index contributed by atoms with van der Waals surface area (Å²) >= 11 is 0. The number of hydrogen-bond acceptors (Lipinski definition) is 4. The van der Waals surface area contributed by atoms with Crippen LogP contribution >= 0.6 is 0 Å². The molecule has 1 aromatic carbocycles. The van der Waals surface area contributed by atoms with Gasteiger partial charge >= 0.3 is 5.97 Å². The molecular weight excluding hydrogens is 264 g/mol. The first-order chi connectivity index (χ1) is 9.31. The third kappa shape index (κ3) is 4.34. The van der Waals surface area contributed by atoms with Gasteiger partial charge in [-0.2, -0.15) is 0 Å². The molecule has 1 amide bonds. The van der Waals surface area contributed by atoms with Gasteiger partial charge in [0.1, 0.15) is 0 Å². The number of aliphatic carboxylic acids is 1. The van der Waals surface area contributed by atoms with Crippen molar-refractivity contribution in [1.29, 1.82) is 0 Å². The Morgan fingerprint density at radius 1 is 1.45 bits per heavy atom. The Morgan fingerprint density at radius 2 is 2.10 bits per heavy atom. The third-order valence-corrected chi connectivity index (χ3v) is 2.83. The van der Waals surface area contributed by atoms with E-state index in [0.29, 0.717) is 17.5 Å². The standard InChI is InChI=1S/C13H16N2O5/c1-8-7-10(15(19)20)4-5-11(8)13(18)14-9(2)3-6-12(16)17/h4-5,7,9H,3,6H2,1-2H3,(H,14,18)(H,16,17). The Hall–Kier alpha value is -2.44. The SMILES string of the molecule is Cc1cc([N+](=O)[O-])ccc1C(=O)NC(C)CCC(=O)O. The predicted molar refractivity (Wildman–Crippen MR) is 71.6 cm³/mol. The number of aryl methyl sites for hydroxylation is 1. The average Bonchev–Trinajstić information content (AvgIpc) is 2.35. The fourth-order valence-electron chi connectivity index (χ4n) is 1.73. The minimum absolute atomic E-state index is 0.0271. The summed E-state index contributed by atoms with van der Waals surface area (Å²) in [6.07, 6.45) is 0.299. The summed E-state index contributed by atoms with van der Waals surface area (Å²) in [5.74, 6) is -1.28. The number of nitro groups is 1. The summed E-state index contributed by atoms with van der Waals surface area (Å²) in [6, 6.07) is 3.71. The lowest BCUT2D eigenvalue weighted by Gasteiger charge is -2.13. The van der Waals surface area contributed by atoms with Crippen molar-refractivity contribution in [2.75, 3.05) is 0 Å². The molecule has 0 aliphatic carbocycles. The molecule has 1 unspecified atom stereocenters. The summed E-state index contributed by atoms with van der Waals surface area (Å²) in [5, 5.41) is 21.8. The molecule has 108 valence electrons. The number of amides is 1. The summed E-state index contributed by atoms with van der Waals surface area (Å²) in [4.78, 5) is 32.5. The Balaban J connectivity index is 2.72. The van der Waals surface area contributed by atoms with Gasteiger partial charge in [-0.1, -0.05) is 0 Å². The van der Waals surface area contributed by atoms with Gasteiger partial charge in [-0.3, -0.25) is 19.7 Å². The molecule has 20 heavy (non-hydrogen) atoms. The predicted octanol–water partition coefficient (Wildman–Crippen LogP) is 1.89. The molecule has 0 saturated carbocycles. The van der Waals surface area contributed by atoms with E-state index in [9.17, 15) is 19.7 Å². The van der Waals surface area contributed by atoms with Crippen LogP contribution < -0.4 is 5.32 Å². The highest BCUT2D eigenvalue weighted by molar-refractivity contribution is 5.96. The van der Waals surface area contributed by atoms with Crippen molar-refractivity contribution >= 4 is 17.6 Å². The molecule has 0 heterocycles. The van der Waals surface area contributed by atoms with Crippen molar-refractivity contribution in [2.45, 2.75) is 32.7 Å². The van der Waals surface area contributed by atoms with Crippen LogP contribution in [-0.2, 0) is 4.79 Å². The summed E-state index contributed by atoms with van der Waals surface area (Å²) < 4.78 is 0. The number of carboxylic acid groups (broad SMARTS) is 1. The number of nitrogens with one attached hydrogen (secondary N) is 1. The molecule has 7 nitrogen and oxygen atoms in total. The average molecular weight is 280 g/mol. The maximum absolute atomic E-state index is 12.0. The van der Waals surface area contributed by atoms with Gasteiger partial charge in [0.2, 0.25) is 0 Å². The van der Waals surface area contributed by atoms with Gasteiger partial charge in [0.05, 0.1) is 4.92 Å². The first kappa shape index (κ1) is 15.6. The van der Waals surface area contributed by atoms with E-state index in [1.807, 2.05) is 0 Å².